The minimum atomic E-state index is -4.41. The molecule has 2 aliphatic heterocycles. The van der Waals surface area contributed by atoms with Crippen LogP contribution in [0.1, 0.15) is 11.4 Å². The molecular formula is C11H13F3N4. The third kappa shape index (κ3) is 2.08. The van der Waals surface area contributed by atoms with Crippen molar-refractivity contribution < 1.29 is 13.2 Å². The van der Waals surface area contributed by atoms with Gasteiger partial charge in [-0.3, -0.25) is 9.88 Å². The summed E-state index contributed by atoms with van der Waals surface area (Å²) in [5.41, 5.74) is 0.0685. The number of alkyl halides is 3. The maximum absolute atomic E-state index is 12.3. The highest BCUT2D eigenvalue weighted by Crippen LogP contribution is 2.34. The third-order valence-electron chi connectivity index (χ3n) is 3.50. The Morgan fingerprint density at radius 3 is 2.39 bits per heavy atom. The van der Waals surface area contributed by atoms with Gasteiger partial charge in [-0.15, -0.1) is 0 Å². The Bertz CT molecular complexity index is 431. The molecule has 0 saturated carbocycles. The molecule has 1 aromatic rings. The van der Waals surface area contributed by atoms with Crippen molar-refractivity contribution in [2.24, 2.45) is 5.41 Å². The van der Waals surface area contributed by atoms with E-state index < -0.39 is 11.9 Å². The standard InChI is InChI=1S/C11H13F3N4/c12-11(13,14)9-2-16-8(1-17-9)3-18-6-10(7-18)4-15-5-10/h1-2,15H,3-7H2. The second-order valence-corrected chi connectivity index (χ2v) is 5.14. The van der Waals surface area contributed by atoms with Gasteiger partial charge in [0.2, 0.25) is 0 Å². The van der Waals surface area contributed by atoms with Crippen LogP contribution in [0.3, 0.4) is 0 Å². The van der Waals surface area contributed by atoms with E-state index in [9.17, 15) is 13.2 Å². The molecule has 0 unspecified atom stereocenters. The Morgan fingerprint density at radius 2 is 1.94 bits per heavy atom. The van der Waals surface area contributed by atoms with Crippen molar-refractivity contribution >= 4 is 0 Å². The molecule has 7 heteroatoms. The Labute approximate surface area is 102 Å². The summed E-state index contributed by atoms with van der Waals surface area (Å²) in [5.74, 6) is 0. The van der Waals surface area contributed by atoms with E-state index in [-0.39, 0.29) is 0 Å². The predicted octanol–water partition coefficient (Wildman–Crippen LogP) is 0.901. The maximum atomic E-state index is 12.3. The molecule has 0 aromatic carbocycles. The monoisotopic (exact) mass is 258 g/mol. The number of rotatable bonds is 2. The van der Waals surface area contributed by atoms with Crippen LogP contribution in [0, 0.1) is 5.41 Å². The van der Waals surface area contributed by atoms with Gasteiger partial charge in [0.25, 0.3) is 0 Å². The van der Waals surface area contributed by atoms with Crippen LogP contribution in [0.25, 0.3) is 0 Å². The molecule has 4 nitrogen and oxygen atoms in total. The van der Waals surface area contributed by atoms with E-state index in [4.69, 9.17) is 0 Å². The van der Waals surface area contributed by atoms with Gasteiger partial charge in [0.1, 0.15) is 0 Å². The summed E-state index contributed by atoms with van der Waals surface area (Å²) in [7, 11) is 0. The topological polar surface area (TPSA) is 41.1 Å². The van der Waals surface area contributed by atoms with Gasteiger partial charge in [0, 0.05) is 38.1 Å². The smallest absolute Gasteiger partial charge is 0.315 e. The Kier molecular flexibility index (Phi) is 2.56. The Morgan fingerprint density at radius 1 is 1.22 bits per heavy atom. The largest absolute Gasteiger partial charge is 0.434 e. The van der Waals surface area contributed by atoms with E-state index in [1.54, 1.807) is 0 Å². The van der Waals surface area contributed by atoms with Crippen LogP contribution in [0.15, 0.2) is 12.4 Å². The van der Waals surface area contributed by atoms with Crippen LogP contribution >= 0.6 is 0 Å². The summed E-state index contributed by atoms with van der Waals surface area (Å²) in [6.45, 7) is 4.64. The zero-order valence-electron chi connectivity index (χ0n) is 9.67. The summed E-state index contributed by atoms with van der Waals surface area (Å²) >= 11 is 0. The van der Waals surface area contributed by atoms with Crippen molar-refractivity contribution in [2.75, 3.05) is 26.2 Å². The number of hydrogen-bond acceptors (Lipinski definition) is 4. The van der Waals surface area contributed by atoms with E-state index >= 15 is 0 Å². The molecule has 3 rings (SSSR count). The lowest BCUT2D eigenvalue weighted by Gasteiger charge is -2.56. The normalized spacial score (nSPS) is 22.6. The van der Waals surface area contributed by atoms with E-state index in [1.165, 1.54) is 6.20 Å². The predicted molar refractivity (Wildman–Crippen MR) is 57.6 cm³/mol. The first-order valence-electron chi connectivity index (χ1n) is 5.78. The fraction of sp³-hybridized carbons (Fsp3) is 0.636. The highest BCUT2D eigenvalue weighted by Gasteiger charge is 2.47. The first kappa shape index (κ1) is 11.9. The van der Waals surface area contributed by atoms with E-state index in [0.717, 1.165) is 32.4 Å². The second-order valence-electron chi connectivity index (χ2n) is 5.14. The van der Waals surface area contributed by atoms with Crippen molar-refractivity contribution in [1.29, 1.82) is 0 Å². The number of nitrogens with zero attached hydrogens (tertiary/aromatic N) is 3. The van der Waals surface area contributed by atoms with E-state index in [1.807, 2.05) is 0 Å². The van der Waals surface area contributed by atoms with Gasteiger partial charge >= 0.3 is 6.18 Å². The molecule has 0 amide bonds. The van der Waals surface area contributed by atoms with Crippen LogP contribution in [0.4, 0.5) is 13.2 Å². The highest BCUT2D eigenvalue weighted by atomic mass is 19.4. The lowest BCUT2D eigenvalue weighted by Crippen LogP contribution is -2.70. The van der Waals surface area contributed by atoms with Crippen LogP contribution < -0.4 is 5.32 Å². The highest BCUT2D eigenvalue weighted by molar-refractivity contribution is 5.09. The fourth-order valence-electron chi connectivity index (χ4n) is 2.53. The molecule has 0 atom stereocenters. The average molecular weight is 258 g/mol. The summed E-state index contributed by atoms with van der Waals surface area (Å²) in [6.07, 6.45) is -2.40. The second kappa shape index (κ2) is 3.89. The molecule has 1 N–H and O–H groups in total. The molecule has 1 spiro atoms. The minimum Gasteiger partial charge on any atom is -0.315 e. The molecule has 98 valence electrons. The average Bonchev–Trinajstić information content (AvgIpc) is 2.19. The SMILES string of the molecule is FC(F)(F)c1cnc(CN2CC3(CNC3)C2)cn1. The van der Waals surface area contributed by atoms with Gasteiger partial charge in [0.05, 0.1) is 18.1 Å². The third-order valence-corrected chi connectivity index (χ3v) is 3.50. The maximum Gasteiger partial charge on any atom is 0.434 e. The van der Waals surface area contributed by atoms with Gasteiger partial charge in [-0.05, 0) is 0 Å². The molecular weight excluding hydrogens is 245 g/mol. The fourth-order valence-corrected chi connectivity index (χ4v) is 2.53. The van der Waals surface area contributed by atoms with Crippen molar-refractivity contribution in [3.8, 4) is 0 Å². The number of halogens is 3. The summed E-state index contributed by atoms with van der Waals surface area (Å²) < 4.78 is 36.9. The van der Waals surface area contributed by atoms with Crippen molar-refractivity contribution in [1.82, 2.24) is 20.2 Å². The lowest BCUT2D eigenvalue weighted by atomic mass is 9.74. The van der Waals surface area contributed by atoms with E-state index in [2.05, 4.69) is 20.2 Å². The van der Waals surface area contributed by atoms with Crippen LogP contribution in [-0.4, -0.2) is 41.0 Å². The molecule has 0 radical (unpaired) electrons. The number of hydrogen-bond donors (Lipinski definition) is 1. The van der Waals surface area contributed by atoms with Crippen LogP contribution in [-0.2, 0) is 12.7 Å². The quantitative estimate of drug-likeness (QED) is 0.855. The first-order valence-corrected chi connectivity index (χ1v) is 5.78. The first-order chi connectivity index (χ1) is 8.47. The number of aromatic nitrogens is 2. The number of likely N-dealkylation sites (tertiary alicyclic amines) is 1. The van der Waals surface area contributed by atoms with Gasteiger partial charge in [-0.2, -0.15) is 13.2 Å². The van der Waals surface area contributed by atoms with E-state index in [0.29, 0.717) is 17.7 Å². The Hall–Kier alpha value is -1.21. The number of nitrogens with one attached hydrogen (secondary N) is 1. The zero-order chi connectivity index (χ0) is 12.8. The molecule has 18 heavy (non-hydrogen) atoms. The lowest BCUT2D eigenvalue weighted by molar-refractivity contribution is -0.141. The molecule has 3 heterocycles. The van der Waals surface area contributed by atoms with Gasteiger partial charge < -0.3 is 5.32 Å². The molecule has 2 saturated heterocycles. The summed E-state index contributed by atoms with van der Waals surface area (Å²) in [5, 5.41) is 3.23. The molecule has 2 aliphatic rings. The van der Waals surface area contributed by atoms with Crippen molar-refractivity contribution in [3.05, 3.63) is 23.8 Å². The minimum absolute atomic E-state index is 0.416. The van der Waals surface area contributed by atoms with Crippen LogP contribution in [0.5, 0.6) is 0 Å². The van der Waals surface area contributed by atoms with Crippen molar-refractivity contribution in [2.45, 2.75) is 12.7 Å². The Balaban J connectivity index is 1.57. The molecule has 0 aliphatic carbocycles. The zero-order valence-corrected chi connectivity index (χ0v) is 9.67. The van der Waals surface area contributed by atoms with Crippen molar-refractivity contribution in [3.63, 3.8) is 0 Å². The molecule has 2 fully saturated rings. The summed E-state index contributed by atoms with van der Waals surface area (Å²) in [4.78, 5) is 9.40. The van der Waals surface area contributed by atoms with Gasteiger partial charge in [-0.1, -0.05) is 0 Å². The van der Waals surface area contributed by atoms with Gasteiger partial charge in [-0.25, -0.2) is 4.98 Å². The molecule has 1 aromatic heterocycles. The molecule has 0 bridgehead atoms. The summed E-state index contributed by atoms with van der Waals surface area (Å²) in [6, 6.07) is 0. The van der Waals surface area contributed by atoms with Gasteiger partial charge in [0.15, 0.2) is 5.69 Å². The van der Waals surface area contributed by atoms with Crippen LogP contribution in [0.2, 0.25) is 0 Å².